The van der Waals surface area contributed by atoms with Crippen LogP contribution >= 0.6 is 0 Å². The van der Waals surface area contributed by atoms with Gasteiger partial charge in [0.15, 0.2) is 0 Å². The van der Waals surface area contributed by atoms with Gasteiger partial charge in [0.25, 0.3) is 0 Å². The van der Waals surface area contributed by atoms with Gasteiger partial charge in [-0.05, 0) is 43.5 Å². The van der Waals surface area contributed by atoms with Gasteiger partial charge in [-0.1, -0.05) is 0 Å². The third-order valence-electron chi connectivity index (χ3n) is 3.92. The number of anilines is 1. The van der Waals surface area contributed by atoms with Crippen LogP contribution in [0.2, 0.25) is 0 Å². The molecule has 1 aliphatic heterocycles. The van der Waals surface area contributed by atoms with E-state index in [0.717, 1.165) is 30.6 Å². The summed E-state index contributed by atoms with van der Waals surface area (Å²) < 4.78 is 13.2. The highest BCUT2D eigenvalue weighted by Gasteiger charge is 2.22. The number of hydrogen-bond donors (Lipinski definition) is 3. The molecule has 1 aromatic carbocycles. The minimum atomic E-state index is -0.354. The molecule has 0 aromatic heterocycles. The fourth-order valence-corrected chi connectivity index (χ4v) is 2.82. The Hall–Kier alpha value is -2.15. The topological polar surface area (TPSA) is 87.5 Å². The molecule has 0 saturated carbocycles. The molecule has 1 saturated heterocycles. The summed E-state index contributed by atoms with van der Waals surface area (Å²) in [6, 6.07) is 4.75. The van der Waals surface area contributed by atoms with Crippen molar-refractivity contribution >= 4 is 17.5 Å². The van der Waals surface area contributed by atoms with Gasteiger partial charge >= 0.3 is 0 Å². The van der Waals surface area contributed by atoms with Crippen molar-refractivity contribution in [2.75, 3.05) is 31.1 Å². The summed E-state index contributed by atoms with van der Waals surface area (Å²) in [6.07, 6.45) is 1.82. The van der Waals surface area contributed by atoms with Crippen LogP contribution in [0, 0.1) is 12.7 Å². The molecule has 7 heteroatoms. The second-order valence-electron chi connectivity index (χ2n) is 5.76. The van der Waals surface area contributed by atoms with Crippen molar-refractivity contribution in [2.24, 2.45) is 5.73 Å². The predicted octanol–water partition coefficient (Wildman–Crippen LogP) is 0.294. The quantitative estimate of drug-likeness (QED) is 0.727. The minimum absolute atomic E-state index is 0.00971. The van der Waals surface area contributed by atoms with Gasteiger partial charge in [-0.2, -0.15) is 0 Å². The highest BCUT2D eigenvalue weighted by atomic mass is 19.1. The van der Waals surface area contributed by atoms with Crippen LogP contribution in [0.3, 0.4) is 0 Å². The van der Waals surface area contributed by atoms with E-state index in [0.29, 0.717) is 6.54 Å². The van der Waals surface area contributed by atoms with E-state index in [4.69, 9.17) is 5.73 Å². The van der Waals surface area contributed by atoms with E-state index in [1.165, 1.54) is 12.1 Å². The van der Waals surface area contributed by atoms with Crippen molar-refractivity contribution < 1.29 is 14.0 Å². The lowest BCUT2D eigenvalue weighted by molar-refractivity contribution is -0.125. The molecule has 2 amide bonds. The zero-order valence-electron chi connectivity index (χ0n) is 13.3. The van der Waals surface area contributed by atoms with Gasteiger partial charge in [-0.25, -0.2) is 4.39 Å². The van der Waals surface area contributed by atoms with Crippen molar-refractivity contribution in [2.45, 2.75) is 25.8 Å². The number of piperidine rings is 1. The average Bonchev–Trinajstić information content (AvgIpc) is 2.52. The van der Waals surface area contributed by atoms with Gasteiger partial charge in [-0.15, -0.1) is 0 Å². The van der Waals surface area contributed by atoms with Crippen molar-refractivity contribution in [1.29, 1.82) is 0 Å². The highest BCUT2D eigenvalue weighted by Crippen LogP contribution is 2.24. The monoisotopic (exact) mass is 322 g/mol. The molecule has 0 aliphatic carbocycles. The minimum Gasteiger partial charge on any atom is -0.369 e. The summed E-state index contributed by atoms with van der Waals surface area (Å²) in [7, 11) is 0. The van der Waals surface area contributed by atoms with E-state index in [1.807, 2.05) is 6.92 Å². The van der Waals surface area contributed by atoms with Crippen LogP contribution < -0.4 is 21.3 Å². The molecule has 4 N–H and O–H groups in total. The third-order valence-corrected chi connectivity index (χ3v) is 3.92. The van der Waals surface area contributed by atoms with E-state index in [1.54, 1.807) is 6.07 Å². The zero-order valence-corrected chi connectivity index (χ0v) is 13.3. The Morgan fingerprint density at radius 1 is 1.39 bits per heavy atom. The Kier molecular flexibility index (Phi) is 5.92. The van der Waals surface area contributed by atoms with E-state index in [2.05, 4.69) is 15.5 Å². The predicted molar refractivity (Wildman–Crippen MR) is 86.6 cm³/mol. The van der Waals surface area contributed by atoms with E-state index in [-0.39, 0.29) is 36.8 Å². The number of aryl methyl sites for hydroxylation is 1. The summed E-state index contributed by atoms with van der Waals surface area (Å²) in [6.45, 7) is 3.23. The fraction of sp³-hybridized carbons (Fsp3) is 0.500. The molecule has 1 aliphatic rings. The van der Waals surface area contributed by atoms with Gasteiger partial charge in [0.2, 0.25) is 11.8 Å². The molecular weight excluding hydrogens is 299 g/mol. The Bertz CT molecular complexity index is 579. The maximum atomic E-state index is 13.2. The largest absolute Gasteiger partial charge is 0.369 e. The Morgan fingerprint density at radius 3 is 2.87 bits per heavy atom. The molecule has 6 nitrogen and oxygen atoms in total. The lowest BCUT2D eigenvalue weighted by atomic mass is 10.0. The average molecular weight is 322 g/mol. The molecule has 1 atom stereocenters. The molecule has 1 heterocycles. The summed E-state index contributed by atoms with van der Waals surface area (Å²) in [4.78, 5) is 25.1. The first-order chi connectivity index (χ1) is 11.0. The van der Waals surface area contributed by atoms with Crippen molar-refractivity contribution in [1.82, 2.24) is 10.6 Å². The number of hydrogen-bond acceptors (Lipinski definition) is 4. The molecule has 1 fully saturated rings. The normalized spacial score (nSPS) is 17.7. The smallest absolute Gasteiger partial charge is 0.239 e. The van der Waals surface area contributed by atoms with Crippen LogP contribution in [0.15, 0.2) is 18.2 Å². The SMILES string of the molecule is Cc1cc(F)ccc1N1CCCC(NC(=O)CNC(=O)CN)C1. The molecule has 126 valence electrons. The lowest BCUT2D eigenvalue weighted by Crippen LogP contribution is -2.50. The second kappa shape index (κ2) is 7.92. The number of amides is 2. The molecule has 23 heavy (non-hydrogen) atoms. The van der Waals surface area contributed by atoms with Crippen molar-refractivity contribution in [3.05, 3.63) is 29.6 Å². The molecule has 0 spiro atoms. The van der Waals surface area contributed by atoms with E-state index >= 15 is 0 Å². The molecule has 1 aromatic rings. The van der Waals surface area contributed by atoms with Gasteiger partial charge in [-0.3, -0.25) is 9.59 Å². The Balaban J connectivity index is 1.90. The van der Waals surface area contributed by atoms with Crippen LogP contribution in [0.25, 0.3) is 0 Å². The number of nitrogens with one attached hydrogen (secondary N) is 2. The van der Waals surface area contributed by atoms with Crippen LogP contribution in [-0.4, -0.2) is 44.0 Å². The van der Waals surface area contributed by atoms with Gasteiger partial charge < -0.3 is 21.3 Å². The number of carbonyl (C=O) groups is 2. The molecular formula is C16H23FN4O2. The summed E-state index contributed by atoms with van der Waals surface area (Å²) in [5.74, 6) is -0.828. The third kappa shape index (κ3) is 4.92. The summed E-state index contributed by atoms with van der Waals surface area (Å²) in [5, 5.41) is 5.37. The van der Waals surface area contributed by atoms with Gasteiger partial charge in [0.1, 0.15) is 5.82 Å². The Labute approximate surface area is 135 Å². The maximum Gasteiger partial charge on any atom is 0.239 e. The van der Waals surface area contributed by atoms with E-state index in [9.17, 15) is 14.0 Å². The lowest BCUT2D eigenvalue weighted by Gasteiger charge is -2.35. The summed E-state index contributed by atoms with van der Waals surface area (Å²) >= 11 is 0. The van der Waals surface area contributed by atoms with E-state index < -0.39 is 0 Å². The number of benzene rings is 1. The molecule has 0 bridgehead atoms. The van der Waals surface area contributed by atoms with Crippen LogP contribution in [0.5, 0.6) is 0 Å². The number of carbonyl (C=O) groups excluding carboxylic acids is 2. The zero-order chi connectivity index (χ0) is 16.8. The first-order valence-corrected chi connectivity index (χ1v) is 7.77. The van der Waals surface area contributed by atoms with Gasteiger partial charge in [0, 0.05) is 24.8 Å². The standard InChI is InChI=1S/C16H23FN4O2/c1-11-7-12(17)4-5-14(11)21-6-2-3-13(10-21)20-16(23)9-19-15(22)8-18/h4-5,7,13H,2-3,6,8-10,18H2,1H3,(H,19,22)(H,20,23). The molecule has 2 rings (SSSR count). The highest BCUT2D eigenvalue weighted by molar-refractivity contribution is 5.85. The van der Waals surface area contributed by atoms with Crippen molar-refractivity contribution in [3.63, 3.8) is 0 Å². The molecule has 1 unspecified atom stereocenters. The number of nitrogens with two attached hydrogens (primary N) is 1. The number of nitrogens with zero attached hydrogens (tertiary/aromatic N) is 1. The van der Waals surface area contributed by atoms with Crippen LogP contribution in [0.1, 0.15) is 18.4 Å². The fourth-order valence-electron chi connectivity index (χ4n) is 2.82. The van der Waals surface area contributed by atoms with Crippen LogP contribution in [-0.2, 0) is 9.59 Å². The van der Waals surface area contributed by atoms with Crippen molar-refractivity contribution in [3.8, 4) is 0 Å². The Morgan fingerprint density at radius 2 is 2.17 bits per heavy atom. The second-order valence-corrected chi connectivity index (χ2v) is 5.76. The number of halogens is 1. The maximum absolute atomic E-state index is 13.2. The molecule has 0 radical (unpaired) electrons. The first kappa shape index (κ1) is 17.2. The van der Waals surface area contributed by atoms with Gasteiger partial charge in [0.05, 0.1) is 13.1 Å². The first-order valence-electron chi connectivity index (χ1n) is 7.77. The van der Waals surface area contributed by atoms with Crippen LogP contribution in [0.4, 0.5) is 10.1 Å². The number of rotatable bonds is 5. The summed E-state index contributed by atoms with van der Waals surface area (Å²) in [5.41, 5.74) is 7.04.